The van der Waals surface area contributed by atoms with Crippen LogP contribution in [0.3, 0.4) is 0 Å². The van der Waals surface area contributed by atoms with Gasteiger partial charge in [0.2, 0.25) is 11.8 Å². The Morgan fingerprint density at radius 3 is 1.96 bits per heavy atom. The molecule has 0 aromatic heterocycles. The summed E-state index contributed by atoms with van der Waals surface area (Å²) in [5.41, 5.74) is -0.120. The lowest BCUT2D eigenvalue weighted by Crippen LogP contribution is -3.20. The standard InChI is InChI=1S/C17H20BrN3O3/c1-12(22)20-8-17(16(24)14-3-5-15(18)6-4-14)7-19(10-20)11-21(9-17)13(2)23/h3-6H,7-11H2,1-2H3/p+1. The molecule has 1 N–H and O–H groups in total. The van der Waals surface area contributed by atoms with Gasteiger partial charge in [-0.25, -0.2) is 0 Å². The van der Waals surface area contributed by atoms with E-state index >= 15 is 0 Å². The first-order valence-corrected chi connectivity index (χ1v) is 8.75. The second kappa shape index (κ2) is 6.29. The number of benzene rings is 1. The largest absolute Gasteiger partial charge is 0.300 e. The second-order valence-electron chi connectivity index (χ2n) is 6.79. The van der Waals surface area contributed by atoms with Gasteiger partial charge < -0.3 is 0 Å². The summed E-state index contributed by atoms with van der Waals surface area (Å²) in [7, 11) is 0. The van der Waals surface area contributed by atoms with Crippen molar-refractivity contribution in [2.24, 2.45) is 5.41 Å². The van der Waals surface area contributed by atoms with E-state index in [2.05, 4.69) is 15.9 Å². The van der Waals surface area contributed by atoms with Crippen molar-refractivity contribution in [3.05, 3.63) is 34.3 Å². The molecule has 2 fully saturated rings. The number of hydrogen-bond acceptors (Lipinski definition) is 3. The number of hydrogen-bond donors (Lipinski definition) is 1. The first-order valence-electron chi connectivity index (χ1n) is 7.96. The van der Waals surface area contributed by atoms with Gasteiger partial charge in [-0.15, -0.1) is 0 Å². The third-order valence-electron chi connectivity index (χ3n) is 4.88. The molecule has 1 aromatic carbocycles. The maximum Gasteiger partial charge on any atom is 0.223 e. The predicted molar refractivity (Wildman–Crippen MR) is 91.2 cm³/mol. The Balaban J connectivity index is 1.97. The van der Waals surface area contributed by atoms with Crippen LogP contribution in [0.15, 0.2) is 28.7 Å². The number of carbonyl (C=O) groups is 3. The normalized spacial score (nSPS) is 26.2. The lowest BCUT2D eigenvalue weighted by atomic mass is 9.76. The van der Waals surface area contributed by atoms with Gasteiger partial charge in [0.15, 0.2) is 19.1 Å². The van der Waals surface area contributed by atoms with Gasteiger partial charge in [0.05, 0.1) is 6.54 Å². The Morgan fingerprint density at radius 1 is 1.00 bits per heavy atom. The zero-order valence-electron chi connectivity index (χ0n) is 13.8. The molecule has 1 aromatic rings. The molecule has 2 saturated heterocycles. The van der Waals surface area contributed by atoms with E-state index in [0.717, 1.165) is 9.37 Å². The second-order valence-corrected chi connectivity index (χ2v) is 7.71. The SMILES string of the molecule is CC(=O)N1C[NH+]2CN(C(C)=O)CC(C(=O)c3ccc(Br)cc3)(C1)C2. The van der Waals surface area contributed by atoms with Crippen LogP contribution in [0, 0.1) is 5.41 Å². The van der Waals surface area contributed by atoms with Crippen molar-refractivity contribution in [1.82, 2.24) is 9.80 Å². The van der Waals surface area contributed by atoms with E-state index in [1.165, 1.54) is 13.8 Å². The highest BCUT2D eigenvalue weighted by Gasteiger charge is 2.53. The monoisotopic (exact) mass is 394 g/mol. The minimum absolute atomic E-state index is 0.00407. The molecule has 6 nitrogen and oxygen atoms in total. The smallest absolute Gasteiger partial charge is 0.223 e. The Labute approximate surface area is 149 Å². The quantitative estimate of drug-likeness (QED) is 0.725. The third kappa shape index (κ3) is 3.10. The summed E-state index contributed by atoms with van der Waals surface area (Å²) in [6.07, 6.45) is 0. The number of quaternary nitrogens is 1. The number of nitrogens with zero attached hydrogens (tertiary/aromatic N) is 2. The van der Waals surface area contributed by atoms with E-state index in [1.807, 2.05) is 12.1 Å². The van der Waals surface area contributed by atoms with Crippen LogP contribution in [0.4, 0.5) is 0 Å². The molecule has 7 heteroatoms. The van der Waals surface area contributed by atoms with Crippen LogP contribution in [0.2, 0.25) is 0 Å². The Kier molecular flexibility index (Phi) is 4.48. The molecule has 2 heterocycles. The maximum absolute atomic E-state index is 13.3. The molecule has 0 radical (unpaired) electrons. The van der Waals surface area contributed by atoms with E-state index in [4.69, 9.17) is 0 Å². The van der Waals surface area contributed by atoms with E-state index in [1.54, 1.807) is 21.9 Å². The fraction of sp³-hybridized carbons (Fsp3) is 0.471. The van der Waals surface area contributed by atoms with Gasteiger partial charge in [0.25, 0.3) is 0 Å². The van der Waals surface area contributed by atoms with Crippen LogP contribution in [-0.2, 0) is 9.59 Å². The summed E-state index contributed by atoms with van der Waals surface area (Å²) >= 11 is 3.38. The molecule has 0 unspecified atom stereocenters. The number of fused-ring (bicyclic) bond motifs is 2. The Hall–Kier alpha value is -1.73. The summed E-state index contributed by atoms with van der Waals surface area (Å²) < 4.78 is 0.909. The molecular weight excluding hydrogens is 374 g/mol. The van der Waals surface area contributed by atoms with Gasteiger partial charge in [0.1, 0.15) is 5.41 Å². The highest BCUT2D eigenvalue weighted by atomic mass is 79.9. The minimum Gasteiger partial charge on any atom is -0.300 e. The molecule has 2 aliphatic rings. The van der Waals surface area contributed by atoms with Crippen molar-refractivity contribution in [2.75, 3.05) is 33.0 Å². The molecule has 0 aliphatic carbocycles. The number of rotatable bonds is 2. The van der Waals surface area contributed by atoms with Crippen molar-refractivity contribution in [2.45, 2.75) is 13.8 Å². The lowest BCUT2D eigenvalue weighted by Gasteiger charge is -2.50. The van der Waals surface area contributed by atoms with E-state index < -0.39 is 5.41 Å². The number of ketones is 1. The number of halogens is 1. The average molecular weight is 395 g/mol. The number of nitrogens with one attached hydrogen (secondary N) is 1. The Bertz CT molecular complexity index is 663. The zero-order chi connectivity index (χ0) is 17.5. The van der Waals surface area contributed by atoms with Crippen molar-refractivity contribution in [3.63, 3.8) is 0 Å². The van der Waals surface area contributed by atoms with Gasteiger partial charge >= 0.3 is 0 Å². The first-order chi connectivity index (χ1) is 11.3. The van der Waals surface area contributed by atoms with E-state index in [0.29, 0.717) is 38.5 Å². The Morgan fingerprint density at radius 2 is 1.50 bits per heavy atom. The van der Waals surface area contributed by atoms with Gasteiger partial charge in [-0.1, -0.05) is 28.1 Å². The molecule has 2 bridgehead atoms. The first kappa shape index (κ1) is 17.1. The molecule has 24 heavy (non-hydrogen) atoms. The maximum atomic E-state index is 13.3. The fourth-order valence-electron chi connectivity index (χ4n) is 3.76. The summed E-state index contributed by atoms with van der Waals surface area (Å²) in [6.45, 7) is 5.51. The molecule has 128 valence electrons. The fourth-order valence-corrected chi connectivity index (χ4v) is 4.03. The summed E-state index contributed by atoms with van der Waals surface area (Å²) in [4.78, 5) is 41.6. The highest BCUT2D eigenvalue weighted by Crippen LogP contribution is 2.29. The van der Waals surface area contributed by atoms with Crippen LogP contribution >= 0.6 is 15.9 Å². The van der Waals surface area contributed by atoms with E-state index in [-0.39, 0.29) is 17.6 Å². The van der Waals surface area contributed by atoms with Gasteiger partial charge in [-0.2, -0.15) is 0 Å². The molecule has 2 amide bonds. The van der Waals surface area contributed by atoms with Crippen molar-refractivity contribution < 1.29 is 19.3 Å². The molecule has 0 saturated carbocycles. The third-order valence-corrected chi connectivity index (χ3v) is 5.41. The molecular formula is C17H21BrN3O3+. The van der Waals surface area contributed by atoms with Crippen LogP contribution in [0.25, 0.3) is 0 Å². The topological polar surface area (TPSA) is 62.1 Å². The summed E-state index contributed by atoms with van der Waals surface area (Å²) in [5, 5.41) is 0. The van der Waals surface area contributed by atoms with Crippen LogP contribution in [0.5, 0.6) is 0 Å². The van der Waals surface area contributed by atoms with E-state index in [9.17, 15) is 14.4 Å². The molecule has 2 aliphatic heterocycles. The van der Waals surface area contributed by atoms with Gasteiger partial charge in [0, 0.05) is 37.0 Å². The van der Waals surface area contributed by atoms with Crippen molar-refractivity contribution in [3.8, 4) is 0 Å². The summed E-state index contributed by atoms with van der Waals surface area (Å²) in [6, 6.07) is 7.26. The predicted octanol–water partition coefficient (Wildman–Crippen LogP) is 0.142. The van der Waals surface area contributed by atoms with Crippen LogP contribution in [-0.4, -0.2) is 60.4 Å². The van der Waals surface area contributed by atoms with Gasteiger partial charge in [-0.05, 0) is 12.1 Å². The van der Waals surface area contributed by atoms with Gasteiger partial charge in [-0.3, -0.25) is 29.1 Å². The number of carbonyl (C=O) groups excluding carboxylic acids is 3. The highest BCUT2D eigenvalue weighted by molar-refractivity contribution is 9.10. The number of amides is 2. The zero-order valence-corrected chi connectivity index (χ0v) is 15.4. The molecule has 0 atom stereocenters. The van der Waals surface area contributed by atoms with Crippen LogP contribution in [0.1, 0.15) is 24.2 Å². The number of Topliss-reactive ketones (excluding diaryl/α,β-unsaturated/α-hetero) is 1. The lowest BCUT2D eigenvalue weighted by molar-refractivity contribution is -0.936. The minimum atomic E-state index is -0.739. The average Bonchev–Trinajstić information content (AvgIpc) is 2.53. The van der Waals surface area contributed by atoms with Crippen molar-refractivity contribution >= 4 is 33.5 Å². The van der Waals surface area contributed by atoms with Crippen LogP contribution < -0.4 is 4.90 Å². The molecule has 3 rings (SSSR count). The van der Waals surface area contributed by atoms with Crippen molar-refractivity contribution in [1.29, 1.82) is 0 Å². The summed E-state index contributed by atoms with van der Waals surface area (Å²) in [5.74, 6) is -0.0580. The molecule has 0 spiro atoms.